The number of piperidine rings is 1. The minimum Gasteiger partial charge on any atom is -0.435 e. The van der Waals surface area contributed by atoms with Crippen LogP contribution in [0, 0.1) is 12.5 Å². The number of carbonyl (C=O) groups excluding carboxylic acids is 2. The zero-order chi connectivity index (χ0) is 25.9. The third-order valence-corrected chi connectivity index (χ3v) is 7.05. The molecule has 0 atom stereocenters. The highest BCUT2D eigenvalue weighted by Gasteiger charge is 2.21. The van der Waals surface area contributed by atoms with Crippen molar-refractivity contribution in [2.75, 3.05) is 24.5 Å². The van der Waals surface area contributed by atoms with Crippen molar-refractivity contribution in [3.05, 3.63) is 81.7 Å². The van der Waals surface area contributed by atoms with Crippen LogP contribution in [-0.4, -0.2) is 41.3 Å². The molecular weight excluding hydrogens is 534 g/mol. The van der Waals surface area contributed by atoms with Gasteiger partial charge in [0.15, 0.2) is 17.1 Å². The Balaban J connectivity index is 1.20. The summed E-state index contributed by atoms with van der Waals surface area (Å²) in [5.41, 5.74) is 2.71. The summed E-state index contributed by atoms with van der Waals surface area (Å²) in [5.74, 6) is 1.42. The molecule has 0 spiro atoms. The lowest BCUT2D eigenvalue weighted by molar-refractivity contribution is 0.0944. The van der Waals surface area contributed by atoms with Crippen LogP contribution >= 0.6 is 15.9 Å². The van der Waals surface area contributed by atoms with E-state index in [9.17, 15) is 9.59 Å². The number of nitrogens with one attached hydrogen (secondary N) is 1. The predicted octanol–water partition coefficient (Wildman–Crippen LogP) is 6.05. The first-order valence-corrected chi connectivity index (χ1v) is 12.8. The van der Waals surface area contributed by atoms with E-state index in [-0.39, 0.29) is 11.7 Å². The van der Waals surface area contributed by atoms with Gasteiger partial charge in [0.05, 0.1) is 12.1 Å². The highest BCUT2D eigenvalue weighted by molar-refractivity contribution is 9.10. The molecule has 0 aliphatic carbocycles. The molecule has 1 amide bonds. The number of rotatable bonds is 6. The number of hydrogen-bond acceptors (Lipinski definition) is 6. The number of Topliss-reactive ketones (excluding diaryl/α,β-unsaturated/α-hetero) is 1. The number of ketones is 1. The molecule has 1 aliphatic heterocycles. The van der Waals surface area contributed by atoms with Crippen LogP contribution in [0.25, 0.3) is 27.4 Å². The van der Waals surface area contributed by atoms with E-state index in [2.05, 4.69) is 41.0 Å². The molecule has 1 N–H and O–H groups in total. The number of nitrogens with zero attached hydrogens (tertiary/aromatic N) is 4. The van der Waals surface area contributed by atoms with E-state index in [1.165, 1.54) is 13.0 Å². The fraction of sp³-hybridized carbons (Fsp3) is 0.250. The minimum absolute atomic E-state index is 0.123. The van der Waals surface area contributed by atoms with Crippen molar-refractivity contribution >= 4 is 50.2 Å². The molecule has 2 aromatic carbocycles. The van der Waals surface area contributed by atoms with Gasteiger partial charge in [0, 0.05) is 41.4 Å². The van der Waals surface area contributed by atoms with Crippen molar-refractivity contribution in [1.29, 1.82) is 0 Å². The molecule has 1 saturated heterocycles. The smallest absolute Gasteiger partial charge is 0.251 e. The van der Waals surface area contributed by atoms with Gasteiger partial charge < -0.3 is 14.6 Å². The summed E-state index contributed by atoms with van der Waals surface area (Å²) in [4.78, 5) is 39.4. The first-order chi connectivity index (χ1) is 17.9. The SMILES string of the molecule is [C-]#[N+]c1cc(C(C)=O)c2oc(-c3ccc(C(=O)NCC4CCN(c5ccc(Br)cn5)CC4)cc3)nc2c1. The van der Waals surface area contributed by atoms with E-state index in [1.807, 2.05) is 18.3 Å². The second-order valence-electron chi connectivity index (χ2n) is 9.08. The molecular formula is C28H24BrN5O3. The van der Waals surface area contributed by atoms with Gasteiger partial charge in [0.2, 0.25) is 5.89 Å². The Morgan fingerprint density at radius 3 is 2.57 bits per heavy atom. The summed E-state index contributed by atoms with van der Waals surface area (Å²) >= 11 is 3.42. The van der Waals surface area contributed by atoms with Crippen molar-refractivity contribution in [3.8, 4) is 11.5 Å². The maximum absolute atomic E-state index is 12.7. The minimum atomic E-state index is -0.194. The number of anilines is 1. The topological polar surface area (TPSA) is 92.7 Å². The van der Waals surface area contributed by atoms with E-state index in [0.29, 0.717) is 51.8 Å². The highest BCUT2D eigenvalue weighted by Crippen LogP contribution is 2.31. The van der Waals surface area contributed by atoms with Crippen LogP contribution in [0.2, 0.25) is 0 Å². The molecule has 8 nitrogen and oxygen atoms in total. The van der Waals surface area contributed by atoms with Gasteiger partial charge in [-0.05, 0) is 90.1 Å². The molecule has 0 unspecified atom stereocenters. The van der Waals surface area contributed by atoms with Gasteiger partial charge in [0.25, 0.3) is 5.91 Å². The summed E-state index contributed by atoms with van der Waals surface area (Å²) in [6, 6.07) is 14.1. The van der Waals surface area contributed by atoms with Gasteiger partial charge in [-0.2, -0.15) is 0 Å². The van der Waals surface area contributed by atoms with Gasteiger partial charge in [-0.3, -0.25) is 9.59 Å². The second kappa shape index (κ2) is 10.5. The Kier molecular flexibility index (Phi) is 7.01. The van der Waals surface area contributed by atoms with Crippen molar-refractivity contribution in [1.82, 2.24) is 15.3 Å². The third-order valence-electron chi connectivity index (χ3n) is 6.58. The number of hydrogen-bond donors (Lipinski definition) is 1. The molecule has 0 radical (unpaired) electrons. The Hall–Kier alpha value is -4.03. The monoisotopic (exact) mass is 557 g/mol. The fourth-order valence-corrected chi connectivity index (χ4v) is 4.73. The van der Waals surface area contributed by atoms with E-state index < -0.39 is 0 Å². The predicted molar refractivity (Wildman–Crippen MR) is 145 cm³/mol. The number of fused-ring (bicyclic) bond motifs is 1. The zero-order valence-electron chi connectivity index (χ0n) is 20.2. The van der Waals surface area contributed by atoms with Gasteiger partial charge >= 0.3 is 0 Å². The Morgan fingerprint density at radius 1 is 1.16 bits per heavy atom. The molecule has 2 aromatic heterocycles. The lowest BCUT2D eigenvalue weighted by atomic mass is 9.96. The summed E-state index contributed by atoms with van der Waals surface area (Å²) < 4.78 is 6.84. The Labute approximate surface area is 222 Å². The van der Waals surface area contributed by atoms with E-state index in [4.69, 9.17) is 11.0 Å². The van der Waals surface area contributed by atoms with Crippen LogP contribution in [-0.2, 0) is 0 Å². The molecule has 0 bridgehead atoms. The molecule has 1 fully saturated rings. The van der Waals surface area contributed by atoms with Gasteiger partial charge in [-0.1, -0.05) is 0 Å². The van der Waals surface area contributed by atoms with Crippen LogP contribution in [0.1, 0.15) is 40.5 Å². The maximum atomic E-state index is 12.7. The van der Waals surface area contributed by atoms with Gasteiger partial charge in [0.1, 0.15) is 11.3 Å². The summed E-state index contributed by atoms with van der Waals surface area (Å²) in [6.07, 6.45) is 3.80. The number of oxazole rings is 1. The van der Waals surface area contributed by atoms with E-state index in [0.717, 1.165) is 36.2 Å². The van der Waals surface area contributed by atoms with Crippen molar-refractivity contribution in [2.45, 2.75) is 19.8 Å². The van der Waals surface area contributed by atoms with E-state index >= 15 is 0 Å². The molecule has 3 heterocycles. The standard InChI is InChI=1S/C28H24BrN5O3/c1-17(35)23-13-22(30-2)14-24-26(23)37-28(33-24)20-5-3-19(4-6-20)27(36)32-15-18-9-11-34(12-10-18)25-8-7-21(29)16-31-25/h3-8,13-14,16,18H,9-12,15H2,1H3,(H,32,36). The van der Waals surface area contributed by atoms with E-state index in [1.54, 1.807) is 30.3 Å². The molecule has 4 aromatic rings. The lowest BCUT2D eigenvalue weighted by Crippen LogP contribution is -2.39. The van der Waals surface area contributed by atoms with Crippen LogP contribution in [0.15, 0.2) is 63.6 Å². The van der Waals surface area contributed by atoms with Gasteiger partial charge in [-0.15, -0.1) is 0 Å². The van der Waals surface area contributed by atoms with Gasteiger partial charge in [-0.25, -0.2) is 14.8 Å². The Morgan fingerprint density at radius 2 is 1.92 bits per heavy atom. The number of amides is 1. The fourth-order valence-electron chi connectivity index (χ4n) is 4.49. The molecule has 186 valence electrons. The second-order valence-corrected chi connectivity index (χ2v) is 10.00. The molecule has 0 saturated carbocycles. The first kappa shape index (κ1) is 24.7. The van der Waals surface area contributed by atoms with Crippen molar-refractivity contribution in [2.24, 2.45) is 5.92 Å². The third kappa shape index (κ3) is 5.39. The summed E-state index contributed by atoms with van der Waals surface area (Å²) in [6.45, 7) is 11.1. The first-order valence-electron chi connectivity index (χ1n) is 12.0. The molecule has 37 heavy (non-hydrogen) atoms. The number of carbonyl (C=O) groups is 2. The van der Waals surface area contributed by atoms with Crippen LogP contribution in [0.4, 0.5) is 11.5 Å². The summed E-state index contributed by atoms with van der Waals surface area (Å²) in [5, 5.41) is 3.06. The largest absolute Gasteiger partial charge is 0.435 e. The molecule has 1 aliphatic rings. The van der Waals surface area contributed by atoms with Crippen LogP contribution in [0.3, 0.4) is 0 Å². The average molecular weight is 558 g/mol. The number of pyridine rings is 1. The Bertz CT molecular complexity index is 1500. The number of aromatic nitrogens is 2. The molecule has 9 heteroatoms. The quantitative estimate of drug-likeness (QED) is 0.229. The molecule has 5 rings (SSSR count). The van der Waals surface area contributed by atoms with Crippen LogP contribution in [0.5, 0.6) is 0 Å². The van der Waals surface area contributed by atoms with Crippen molar-refractivity contribution in [3.63, 3.8) is 0 Å². The number of halogens is 1. The average Bonchev–Trinajstić information content (AvgIpc) is 3.36. The maximum Gasteiger partial charge on any atom is 0.251 e. The lowest BCUT2D eigenvalue weighted by Gasteiger charge is -2.32. The zero-order valence-corrected chi connectivity index (χ0v) is 21.8. The highest BCUT2D eigenvalue weighted by atomic mass is 79.9. The number of benzene rings is 2. The summed E-state index contributed by atoms with van der Waals surface area (Å²) in [7, 11) is 0. The normalized spacial score (nSPS) is 13.9. The van der Waals surface area contributed by atoms with Crippen molar-refractivity contribution < 1.29 is 14.0 Å². The van der Waals surface area contributed by atoms with Crippen LogP contribution < -0.4 is 10.2 Å².